The summed E-state index contributed by atoms with van der Waals surface area (Å²) in [5, 5.41) is 9.75. The lowest BCUT2D eigenvalue weighted by molar-refractivity contribution is 0.112. The van der Waals surface area contributed by atoms with Gasteiger partial charge in [0.1, 0.15) is 5.82 Å². The summed E-state index contributed by atoms with van der Waals surface area (Å²) in [6.45, 7) is 3.68. The molecule has 2 atom stereocenters. The van der Waals surface area contributed by atoms with Crippen molar-refractivity contribution in [3.63, 3.8) is 0 Å². The average molecular weight is 252 g/mol. The van der Waals surface area contributed by atoms with Crippen LogP contribution in [0, 0.1) is 0 Å². The van der Waals surface area contributed by atoms with Gasteiger partial charge in [0.05, 0.1) is 6.10 Å². The number of amides is 1. The van der Waals surface area contributed by atoms with E-state index in [1.165, 1.54) is 0 Å². The summed E-state index contributed by atoms with van der Waals surface area (Å²) >= 11 is 0. The zero-order valence-corrected chi connectivity index (χ0v) is 10.8. The van der Waals surface area contributed by atoms with E-state index in [9.17, 15) is 4.79 Å². The molecule has 2 unspecified atom stereocenters. The van der Waals surface area contributed by atoms with Crippen LogP contribution in [-0.2, 0) is 4.74 Å². The third-order valence-corrected chi connectivity index (χ3v) is 3.15. The molecule has 18 heavy (non-hydrogen) atoms. The number of ether oxygens (including phenoxy) is 1. The molecule has 1 aromatic heterocycles. The fourth-order valence-corrected chi connectivity index (χ4v) is 2.37. The van der Waals surface area contributed by atoms with Crippen molar-refractivity contribution in [1.29, 1.82) is 0 Å². The van der Waals surface area contributed by atoms with Crippen LogP contribution in [0.4, 0.5) is 10.6 Å². The second-order valence-electron chi connectivity index (χ2n) is 5.05. The number of nitrogens with one attached hydrogen (secondary N) is 2. The molecule has 1 saturated carbocycles. The first kappa shape index (κ1) is 12.7. The minimum Gasteiger partial charge on any atom is -0.447 e. The second-order valence-corrected chi connectivity index (χ2v) is 5.05. The van der Waals surface area contributed by atoms with Gasteiger partial charge in [-0.3, -0.25) is 5.10 Å². The summed E-state index contributed by atoms with van der Waals surface area (Å²) in [6, 6.07) is 2.03. The predicted octanol–water partition coefficient (Wildman–Crippen LogP) is 1.76. The summed E-state index contributed by atoms with van der Waals surface area (Å²) in [6.07, 6.45) is 2.45. The van der Waals surface area contributed by atoms with Gasteiger partial charge in [0.15, 0.2) is 0 Å². The van der Waals surface area contributed by atoms with Crippen LogP contribution in [0.3, 0.4) is 0 Å². The van der Waals surface area contributed by atoms with Crippen LogP contribution in [0.2, 0.25) is 0 Å². The molecule has 1 aliphatic carbocycles. The van der Waals surface area contributed by atoms with Gasteiger partial charge in [-0.2, -0.15) is 5.10 Å². The average Bonchev–Trinajstić information content (AvgIpc) is 2.85. The second kappa shape index (κ2) is 5.29. The molecule has 0 bridgehead atoms. The summed E-state index contributed by atoms with van der Waals surface area (Å²) in [4.78, 5) is 11.5. The molecule has 1 heterocycles. The van der Waals surface area contributed by atoms with Gasteiger partial charge < -0.3 is 15.8 Å². The molecule has 0 saturated heterocycles. The Kier molecular flexibility index (Phi) is 3.74. The number of nitrogens with zero attached hydrogens (tertiary/aromatic N) is 1. The maximum absolute atomic E-state index is 11.5. The fourth-order valence-electron chi connectivity index (χ4n) is 2.37. The van der Waals surface area contributed by atoms with Crippen molar-refractivity contribution in [1.82, 2.24) is 15.5 Å². The lowest BCUT2D eigenvalue weighted by Gasteiger charge is -2.14. The SMILES string of the molecule is CC(C)OC(=O)NC1CCC(c2cc(N)n[nH]2)C1. The van der Waals surface area contributed by atoms with Gasteiger partial charge in [-0.05, 0) is 33.1 Å². The zero-order valence-electron chi connectivity index (χ0n) is 10.8. The Bertz CT molecular complexity index is 416. The molecule has 100 valence electrons. The predicted molar refractivity (Wildman–Crippen MR) is 68.1 cm³/mol. The van der Waals surface area contributed by atoms with E-state index in [1.54, 1.807) is 0 Å². The van der Waals surface area contributed by atoms with E-state index in [2.05, 4.69) is 15.5 Å². The van der Waals surface area contributed by atoms with Crippen molar-refractivity contribution in [2.75, 3.05) is 5.73 Å². The summed E-state index contributed by atoms with van der Waals surface area (Å²) < 4.78 is 5.07. The Balaban J connectivity index is 1.83. The Labute approximate surface area is 106 Å². The molecular formula is C12H20N4O2. The first-order chi connectivity index (χ1) is 8.54. The first-order valence-electron chi connectivity index (χ1n) is 6.32. The lowest BCUT2D eigenvalue weighted by Crippen LogP contribution is -2.34. The minimum absolute atomic E-state index is 0.0883. The van der Waals surface area contributed by atoms with E-state index >= 15 is 0 Å². The highest BCUT2D eigenvalue weighted by Gasteiger charge is 2.28. The summed E-state index contributed by atoms with van der Waals surface area (Å²) in [7, 11) is 0. The topological polar surface area (TPSA) is 93.0 Å². The highest BCUT2D eigenvalue weighted by Crippen LogP contribution is 2.33. The number of aromatic amines is 1. The fraction of sp³-hybridized carbons (Fsp3) is 0.667. The Hall–Kier alpha value is -1.72. The van der Waals surface area contributed by atoms with Crippen molar-refractivity contribution in [3.05, 3.63) is 11.8 Å². The van der Waals surface area contributed by atoms with E-state index in [0.29, 0.717) is 11.7 Å². The normalized spacial score (nSPS) is 23.3. The van der Waals surface area contributed by atoms with Gasteiger partial charge >= 0.3 is 6.09 Å². The third kappa shape index (κ3) is 3.15. The van der Waals surface area contributed by atoms with Gasteiger partial charge in [-0.1, -0.05) is 0 Å². The standard InChI is InChI=1S/C12H20N4O2/c1-7(2)18-12(17)14-9-4-3-8(5-9)10-6-11(13)16-15-10/h6-9H,3-5H2,1-2H3,(H,14,17)(H3,13,15,16). The molecule has 1 fully saturated rings. The highest BCUT2D eigenvalue weighted by molar-refractivity contribution is 5.67. The number of anilines is 1. The Morgan fingerprint density at radius 3 is 3.00 bits per heavy atom. The van der Waals surface area contributed by atoms with Crippen LogP contribution in [-0.4, -0.2) is 28.4 Å². The maximum Gasteiger partial charge on any atom is 0.407 e. The molecule has 1 aliphatic rings. The molecule has 1 amide bonds. The Morgan fingerprint density at radius 1 is 1.61 bits per heavy atom. The number of aromatic nitrogens is 2. The van der Waals surface area contributed by atoms with Crippen molar-refractivity contribution in [2.24, 2.45) is 0 Å². The smallest absolute Gasteiger partial charge is 0.407 e. The van der Waals surface area contributed by atoms with Gasteiger partial charge in [-0.25, -0.2) is 4.79 Å². The molecule has 6 nitrogen and oxygen atoms in total. The van der Waals surface area contributed by atoms with E-state index in [1.807, 2.05) is 19.9 Å². The van der Waals surface area contributed by atoms with Crippen LogP contribution in [0.5, 0.6) is 0 Å². The highest BCUT2D eigenvalue weighted by atomic mass is 16.6. The number of hydrogen-bond acceptors (Lipinski definition) is 4. The minimum atomic E-state index is -0.334. The monoisotopic (exact) mass is 252 g/mol. The van der Waals surface area contributed by atoms with Gasteiger partial charge in [0.2, 0.25) is 0 Å². The van der Waals surface area contributed by atoms with Crippen LogP contribution in [0.25, 0.3) is 0 Å². The third-order valence-electron chi connectivity index (χ3n) is 3.15. The maximum atomic E-state index is 11.5. The largest absolute Gasteiger partial charge is 0.447 e. The number of H-pyrrole nitrogens is 1. The quantitative estimate of drug-likeness (QED) is 0.764. The van der Waals surface area contributed by atoms with Gasteiger partial charge in [-0.15, -0.1) is 0 Å². The number of alkyl carbamates (subject to hydrolysis) is 1. The number of carbonyl (C=O) groups excluding carboxylic acids is 1. The van der Waals surface area contributed by atoms with E-state index in [0.717, 1.165) is 25.0 Å². The Morgan fingerprint density at radius 2 is 2.39 bits per heavy atom. The summed E-state index contributed by atoms with van der Waals surface area (Å²) in [5.74, 6) is 0.903. The molecule has 1 aromatic rings. The lowest BCUT2D eigenvalue weighted by atomic mass is 10.0. The van der Waals surface area contributed by atoms with E-state index in [4.69, 9.17) is 10.5 Å². The molecule has 2 rings (SSSR count). The van der Waals surface area contributed by atoms with E-state index in [-0.39, 0.29) is 18.2 Å². The van der Waals surface area contributed by atoms with Crippen molar-refractivity contribution < 1.29 is 9.53 Å². The molecule has 0 radical (unpaired) electrons. The van der Waals surface area contributed by atoms with Gasteiger partial charge in [0.25, 0.3) is 0 Å². The first-order valence-corrected chi connectivity index (χ1v) is 6.32. The van der Waals surface area contributed by atoms with Crippen LogP contribution < -0.4 is 11.1 Å². The number of hydrogen-bond donors (Lipinski definition) is 3. The summed E-state index contributed by atoms with van der Waals surface area (Å²) in [5.41, 5.74) is 6.63. The van der Waals surface area contributed by atoms with E-state index < -0.39 is 0 Å². The van der Waals surface area contributed by atoms with Crippen molar-refractivity contribution in [2.45, 2.75) is 51.2 Å². The van der Waals surface area contributed by atoms with Crippen LogP contribution >= 0.6 is 0 Å². The van der Waals surface area contributed by atoms with Gasteiger partial charge in [0, 0.05) is 23.7 Å². The molecule has 0 aromatic carbocycles. The number of nitrogens with two attached hydrogens (primary N) is 1. The molecule has 0 aliphatic heterocycles. The number of carbonyl (C=O) groups is 1. The van der Waals surface area contributed by atoms with Crippen LogP contribution in [0.1, 0.15) is 44.7 Å². The van der Waals surface area contributed by atoms with Crippen molar-refractivity contribution in [3.8, 4) is 0 Å². The van der Waals surface area contributed by atoms with Crippen molar-refractivity contribution >= 4 is 11.9 Å². The molecule has 4 N–H and O–H groups in total. The molecular weight excluding hydrogens is 232 g/mol. The molecule has 6 heteroatoms. The zero-order chi connectivity index (χ0) is 13.1. The number of rotatable bonds is 3. The van der Waals surface area contributed by atoms with Crippen LogP contribution in [0.15, 0.2) is 6.07 Å². The molecule has 0 spiro atoms. The number of nitrogen functional groups attached to an aromatic ring is 1.